The van der Waals surface area contributed by atoms with Crippen LogP contribution in [0, 0.1) is 0 Å². The van der Waals surface area contributed by atoms with Crippen molar-refractivity contribution in [2.75, 3.05) is 6.61 Å². The Bertz CT molecular complexity index is 1210. The van der Waals surface area contributed by atoms with E-state index in [0.717, 1.165) is 12.3 Å². The molecule has 2 heterocycles. The molecule has 0 saturated carbocycles. The highest BCUT2D eigenvalue weighted by molar-refractivity contribution is 9.10. The highest BCUT2D eigenvalue weighted by Gasteiger charge is 2.33. The Morgan fingerprint density at radius 1 is 1.14 bits per heavy atom. The number of rotatable bonds is 9. The van der Waals surface area contributed by atoms with Gasteiger partial charge in [-0.1, -0.05) is 0 Å². The van der Waals surface area contributed by atoms with Crippen molar-refractivity contribution in [3.63, 3.8) is 0 Å². The van der Waals surface area contributed by atoms with Gasteiger partial charge in [0.1, 0.15) is 18.1 Å². The van der Waals surface area contributed by atoms with E-state index in [0.29, 0.717) is 12.1 Å². The molecule has 1 aromatic carbocycles. The summed E-state index contributed by atoms with van der Waals surface area (Å²) in [6.45, 7) is -2.79. The third-order valence-electron chi connectivity index (χ3n) is 4.38. The minimum Gasteiger partial charge on any atom is -0.486 e. The first-order chi connectivity index (χ1) is 16.8. The van der Waals surface area contributed by atoms with Gasteiger partial charge in [0.15, 0.2) is 11.6 Å². The topological polar surface area (TPSA) is 91.2 Å². The highest BCUT2D eigenvalue weighted by Crippen LogP contribution is 2.33. The lowest BCUT2D eigenvalue weighted by Crippen LogP contribution is -2.29. The van der Waals surface area contributed by atoms with Crippen LogP contribution in [0.2, 0.25) is 0 Å². The van der Waals surface area contributed by atoms with Crippen LogP contribution in [0.15, 0.2) is 41.3 Å². The van der Waals surface area contributed by atoms with E-state index in [1.165, 1.54) is 23.7 Å². The molecule has 1 atom stereocenters. The lowest BCUT2D eigenvalue weighted by Gasteiger charge is -2.16. The molecule has 36 heavy (non-hydrogen) atoms. The summed E-state index contributed by atoms with van der Waals surface area (Å²) in [5.74, 6) is -1.59. The first-order valence-electron chi connectivity index (χ1n) is 9.81. The van der Waals surface area contributed by atoms with Crippen molar-refractivity contribution in [1.82, 2.24) is 25.1 Å². The second kappa shape index (κ2) is 11.1. The number of benzene rings is 1. The van der Waals surface area contributed by atoms with E-state index in [2.05, 4.69) is 41.1 Å². The van der Waals surface area contributed by atoms with Gasteiger partial charge in [-0.2, -0.15) is 26.6 Å². The number of nitrogens with one attached hydrogen (secondary N) is 1. The average Bonchev–Trinajstić information content (AvgIpc) is 3.18. The minimum atomic E-state index is -4.93. The van der Waals surface area contributed by atoms with Gasteiger partial charge >= 0.3 is 12.8 Å². The maximum absolute atomic E-state index is 13.2. The summed E-state index contributed by atoms with van der Waals surface area (Å²) in [6, 6.07) is 3.33. The molecule has 1 amide bonds. The summed E-state index contributed by atoms with van der Waals surface area (Å²) in [5, 5.41) is 6.48. The molecule has 0 saturated heterocycles. The normalized spacial score (nSPS) is 12.6. The van der Waals surface area contributed by atoms with E-state index >= 15 is 0 Å². The molecule has 0 aliphatic carbocycles. The molecule has 8 nitrogen and oxygen atoms in total. The first kappa shape index (κ1) is 27.2. The number of alkyl halides is 7. The van der Waals surface area contributed by atoms with Crippen molar-refractivity contribution < 1.29 is 45.0 Å². The summed E-state index contributed by atoms with van der Waals surface area (Å²) in [4.78, 5) is 20.8. The molecule has 0 spiro atoms. The van der Waals surface area contributed by atoms with E-state index < -0.39 is 54.6 Å². The van der Waals surface area contributed by atoms with E-state index in [-0.39, 0.29) is 22.1 Å². The van der Waals surface area contributed by atoms with E-state index in [1.54, 1.807) is 0 Å². The molecule has 194 valence electrons. The van der Waals surface area contributed by atoms with Crippen molar-refractivity contribution in [1.29, 1.82) is 0 Å². The van der Waals surface area contributed by atoms with Gasteiger partial charge in [0.2, 0.25) is 4.73 Å². The Morgan fingerprint density at radius 2 is 1.86 bits per heavy atom. The van der Waals surface area contributed by atoms with Crippen LogP contribution in [0.25, 0.3) is 5.82 Å². The van der Waals surface area contributed by atoms with Gasteiger partial charge in [-0.3, -0.25) is 4.79 Å². The van der Waals surface area contributed by atoms with Gasteiger partial charge in [-0.25, -0.2) is 18.7 Å². The van der Waals surface area contributed by atoms with E-state index in [4.69, 9.17) is 4.74 Å². The van der Waals surface area contributed by atoms with E-state index in [1.807, 2.05) is 0 Å². The van der Waals surface area contributed by atoms with Gasteiger partial charge < -0.3 is 14.8 Å². The standard InChI is InChI=1S/C20H15BrF7N5O3/c1-9(30-17(34)10-4-11(20(26,27)28)6-13(5-10)36-19(24)25)16-31-18(21)32-33(16)15-3-2-12(7-29-15)35-8-14(22)23/h2-7,9,14,19H,8H2,1H3,(H,30,34). The fourth-order valence-electron chi connectivity index (χ4n) is 2.90. The fraction of sp³-hybridized carbons (Fsp3) is 0.300. The molecule has 2 aromatic heterocycles. The number of aromatic nitrogens is 4. The number of ether oxygens (including phenoxy) is 2. The molecule has 3 rings (SSSR count). The number of nitrogens with zero attached hydrogens (tertiary/aromatic N) is 4. The van der Waals surface area contributed by atoms with Gasteiger partial charge in [-0.05, 0) is 53.2 Å². The van der Waals surface area contributed by atoms with Gasteiger partial charge in [0.05, 0.1) is 17.8 Å². The van der Waals surface area contributed by atoms with Crippen LogP contribution in [-0.2, 0) is 6.18 Å². The van der Waals surface area contributed by atoms with Crippen LogP contribution >= 0.6 is 15.9 Å². The second-order valence-corrected chi connectivity index (χ2v) is 7.73. The molecule has 0 fully saturated rings. The third-order valence-corrected chi connectivity index (χ3v) is 4.71. The summed E-state index contributed by atoms with van der Waals surface area (Å²) in [7, 11) is 0. The maximum Gasteiger partial charge on any atom is 0.416 e. The SMILES string of the molecule is CC(NC(=O)c1cc(OC(F)F)cc(C(F)(F)F)c1)c1nc(Br)nn1-c1ccc(OCC(F)F)cn1. The van der Waals surface area contributed by atoms with Crippen molar-refractivity contribution in [3.8, 4) is 17.3 Å². The highest BCUT2D eigenvalue weighted by atomic mass is 79.9. The summed E-state index contributed by atoms with van der Waals surface area (Å²) >= 11 is 3.07. The second-order valence-electron chi connectivity index (χ2n) is 7.02. The van der Waals surface area contributed by atoms with Crippen molar-refractivity contribution in [2.24, 2.45) is 0 Å². The average molecular weight is 586 g/mol. The molecule has 0 bridgehead atoms. The molecule has 0 aliphatic heterocycles. The third kappa shape index (κ3) is 7.05. The first-order valence-corrected chi connectivity index (χ1v) is 10.6. The molecule has 3 aromatic rings. The summed E-state index contributed by atoms with van der Waals surface area (Å²) in [6.07, 6.45) is -6.45. The molecular weight excluding hydrogens is 571 g/mol. The van der Waals surface area contributed by atoms with Gasteiger partial charge in [0, 0.05) is 5.56 Å². The Labute approximate surface area is 206 Å². The number of hydrogen-bond donors (Lipinski definition) is 1. The molecule has 16 heteroatoms. The Morgan fingerprint density at radius 3 is 2.44 bits per heavy atom. The van der Waals surface area contributed by atoms with Gasteiger partial charge in [0.25, 0.3) is 12.3 Å². The predicted molar refractivity (Wildman–Crippen MR) is 112 cm³/mol. The minimum absolute atomic E-state index is 0.0625. The summed E-state index contributed by atoms with van der Waals surface area (Å²) in [5.41, 5.74) is -1.95. The van der Waals surface area contributed by atoms with Crippen LogP contribution in [0.3, 0.4) is 0 Å². The van der Waals surface area contributed by atoms with Crippen LogP contribution in [0.5, 0.6) is 11.5 Å². The number of carbonyl (C=O) groups is 1. The van der Waals surface area contributed by atoms with Crippen molar-refractivity contribution in [2.45, 2.75) is 32.2 Å². The molecule has 1 N–H and O–H groups in total. The molecule has 0 aliphatic rings. The van der Waals surface area contributed by atoms with Crippen LogP contribution in [0.4, 0.5) is 30.7 Å². The number of pyridine rings is 1. The zero-order chi connectivity index (χ0) is 26.6. The lowest BCUT2D eigenvalue weighted by molar-refractivity contribution is -0.138. The zero-order valence-electron chi connectivity index (χ0n) is 17.9. The molecular formula is C20H15BrF7N5O3. The zero-order valence-corrected chi connectivity index (χ0v) is 19.5. The number of hydrogen-bond acceptors (Lipinski definition) is 6. The molecule has 1 unspecified atom stereocenters. The van der Waals surface area contributed by atoms with Crippen LogP contribution in [0.1, 0.15) is 34.7 Å². The Hall–Kier alpha value is -3.43. The van der Waals surface area contributed by atoms with Crippen LogP contribution < -0.4 is 14.8 Å². The number of halogens is 8. The Kier molecular flexibility index (Phi) is 8.37. The maximum atomic E-state index is 13.2. The van der Waals surface area contributed by atoms with Crippen molar-refractivity contribution >= 4 is 21.8 Å². The summed E-state index contributed by atoms with van der Waals surface area (Å²) < 4.78 is 99.4. The van der Waals surface area contributed by atoms with Crippen molar-refractivity contribution in [3.05, 3.63) is 58.2 Å². The Balaban J connectivity index is 1.84. The number of carbonyl (C=O) groups excluding carboxylic acids is 1. The van der Waals surface area contributed by atoms with E-state index in [9.17, 15) is 35.5 Å². The quantitative estimate of drug-likeness (QED) is 0.348. The molecule has 0 radical (unpaired) electrons. The predicted octanol–water partition coefficient (Wildman–Crippen LogP) is 5.18. The lowest BCUT2D eigenvalue weighted by atomic mass is 10.1. The smallest absolute Gasteiger partial charge is 0.416 e. The van der Waals surface area contributed by atoms with Gasteiger partial charge in [-0.15, -0.1) is 5.10 Å². The fourth-order valence-corrected chi connectivity index (χ4v) is 3.24. The van der Waals surface area contributed by atoms with Crippen LogP contribution in [-0.4, -0.2) is 45.3 Å². The monoisotopic (exact) mass is 585 g/mol. The number of amides is 1. The largest absolute Gasteiger partial charge is 0.486 e.